The smallest absolute Gasteiger partial charge is 0.269 e. The Bertz CT molecular complexity index is 994. The maximum absolute atomic E-state index is 10.8. The molecule has 3 aromatic rings. The van der Waals surface area contributed by atoms with Gasteiger partial charge in [0.1, 0.15) is 5.75 Å². The Kier molecular flexibility index (Phi) is 4.85. The Hall–Kier alpha value is -3.79. The van der Waals surface area contributed by atoms with Gasteiger partial charge in [0.2, 0.25) is 5.88 Å². The van der Waals surface area contributed by atoms with Crippen molar-refractivity contribution < 1.29 is 9.66 Å². The van der Waals surface area contributed by atoms with Gasteiger partial charge in [0.25, 0.3) is 5.69 Å². The molecule has 0 atom stereocenters. The first-order valence-corrected chi connectivity index (χ1v) is 7.90. The summed E-state index contributed by atoms with van der Waals surface area (Å²) in [7, 11) is 0. The van der Waals surface area contributed by atoms with E-state index >= 15 is 0 Å². The second-order valence-corrected chi connectivity index (χ2v) is 5.42. The van der Waals surface area contributed by atoms with E-state index in [9.17, 15) is 10.1 Å². The van der Waals surface area contributed by atoms with Gasteiger partial charge in [-0.3, -0.25) is 10.1 Å². The molecular weight excluding hydrogens is 332 g/mol. The fourth-order valence-corrected chi connectivity index (χ4v) is 2.32. The summed E-state index contributed by atoms with van der Waals surface area (Å²) in [5.74, 6) is 1.27. The molecule has 0 saturated heterocycles. The maximum atomic E-state index is 10.8. The third-order valence-corrected chi connectivity index (χ3v) is 3.64. The average Bonchev–Trinajstić information content (AvgIpc) is 2.68. The second-order valence-electron chi connectivity index (χ2n) is 5.42. The fourth-order valence-electron chi connectivity index (χ4n) is 2.32. The molecule has 7 heteroatoms. The van der Waals surface area contributed by atoms with Crippen LogP contribution in [-0.4, -0.2) is 14.9 Å². The van der Waals surface area contributed by atoms with Crippen molar-refractivity contribution in [2.45, 2.75) is 13.3 Å². The Balaban J connectivity index is 1.95. The molecule has 1 heterocycles. The van der Waals surface area contributed by atoms with Crippen LogP contribution in [0.15, 0.2) is 54.6 Å². The lowest BCUT2D eigenvalue weighted by atomic mass is 10.2. The van der Waals surface area contributed by atoms with Crippen LogP contribution < -0.4 is 4.74 Å². The predicted octanol–water partition coefficient (Wildman–Crippen LogP) is 4.28. The van der Waals surface area contributed by atoms with Crippen molar-refractivity contribution in [2.75, 3.05) is 0 Å². The summed E-state index contributed by atoms with van der Waals surface area (Å²) in [6, 6.07) is 16.6. The zero-order valence-corrected chi connectivity index (χ0v) is 13.9. The number of ether oxygens (including phenoxy) is 1. The van der Waals surface area contributed by atoms with Crippen molar-refractivity contribution in [3.8, 4) is 29.1 Å². The van der Waals surface area contributed by atoms with Crippen molar-refractivity contribution in [1.29, 1.82) is 5.26 Å². The van der Waals surface area contributed by atoms with Crippen LogP contribution in [0.3, 0.4) is 0 Å². The summed E-state index contributed by atoms with van der Waals surface area (Å²) in [6.07, 6.45) is 0.678. The molecule has 0 radical (unpaired) electrons. The van der Waals surface area contributed by atoms with Crippen molar-refractivity contribution in [3.05, 3.63) is 76.0 Å². The van der Waals surface area contributed by atoms with Gasteiger partial charge >= 0.3 is 0 Å². The molecule has 0 aliphatic carbocycles. The Morgan fingerprint density at radius 2 is 1.92 bits per heavy atom. The normalized spacial score (nSPS) is 10.2. The molecule has 128 valence electrons. The number of hydrogen-bond acceptors (Lipinski definition) is 6. The van der Waals surface area contributed by atoms with E-state index in [0.717, 1.165) is 5.69 Å². The first kappa shape index (κ1) is 17.0. The van der Waals surface area contributed by atoms with Gasteiger partial charge in [-0.2, -0.15) is 10.2 Å². The number of benzene rings is 2. The molecule has 0 amide bonds. The summed E-state index contributed by atoms with van der Waals surface area (Å²) < 4.78 is 5.78. The third kappa shape index (κ3) is 3.82. The van der Waals surface area contributed by atoms with Gasteiger partial charge in [0.15, 0.2) is 5.82 Å². The van der Waals surface area contributed by atoms with Crippen LogP contribution in [-0.2, 0) is 6.42 Å². The summed E-state index contributed by atoms with van der Waals surface area (Å²) in [5.41, 5.74) is 1.93. The van der Waals surface area contributed by atoms with Gasteiger partial charge in [-0.15, -0.1) is 0 Å². The largest absolute Gasteiger partial charge is 0.439 e. The average molecular weight is 346 g/mol. The van der Waals surface area contributed by atoms with E-state index in [1.165, 1.54) is 12.1 Å². The van der Waals surface area contributed by atoms with E-state index in [2.05, 4.69) is 16.0 Å². The minimum Gasteiger partial charge on any atom is -0.439 e. The number of hydrogen-bond donors (Lipinski definition) is 0. The number of nitrogens with zero attached hydrogens (tertiary/aromatic N) is 4. The first-order valence-electron chi connectivity index (χ1n) is 7.90. The number of nitriles is 1. The van der Waals surface area contributed by atoms with Gasteiger partial charge in [-0.05, 0) is 36.8 Å². The zero-order valence-electron chi connectivity index (χ0n) is 13.9. The molecule has 7 nitrogen and oxygen atoms in total. The summed E-state index contributed by atoms with van der Waals surface area (Å²) in [4.78, 5) is 19.2. The number of aromatic nitrogens is 2. The summed E-state index contributed by atoms with van der Waals surface area (Å²) >= 11 is 0. The van der Waals surface area contributed by atoms with Crippen LogP contribution in [0.4, 0.5) is 5.69 Å². The minimum atomic E-state index is -0.455. The Morgan fingerprint density at radius 1 is 1.15 bits per heavy atom. The Labute approximate surface area is 149 Å². The maximum Gasteiger partial charge on any atom is 0.269 e. The van der Waals surface area contributed by atoms with Gasteiger partial charge in [0, 0.05) is 29.5 Å². The Morgan fingerprint density at radius 3 is 2.58 bits per heavy atom. The molecular formula is C19H14N4O3. The molecule has 0 spiro atoms. The highest BCUT2D eigenvalue weighted by atomic mass is 16.6. The molecule has 0 bridgehead atoms. The van der Waals surface area contributed by atoms with E-state index < -0.39 is 4.92 Å². The van der Waals surface area contributed by atoms with E-state index in [1.807, 2.05) is 6.92 Å². The molecule has 1 aromatic heterocycles. The van der Waals surface area contributed by atoms with Crippen molar-refractivity contribution in [3.63, 3.8) is 0 Å². The van der Waals surface area contributed by atoms with E-state index in [-0.39, 0.29) is 5.69 Å². The second kappa shape index (κ2) is 7.40. The number of aryl methyl sites for hydroxylation is 1. The number of rotatable bonds is 5. The van der Waals surface area contributed by atoms with Crippen molar-refractivity contribution in [2.24, 2.45) is 0 Å². The van der Waals surface area contributed by atoms with Crippen LogP contribution >= 0.6 is 0 Å². The molecule has 3 rings (SSSR count). The number of non-ortho nitro benzene ring substituents is 1. The molecule has 0 N–H and O–H groups in total. The van der Waals surface area contributed by atoms with Gasteiger partial charge < -0.3 is 4.74 Å². The highest BCUT2D eigenvalue weighted by molar-refractivity contribution is 5.58. The van der Waals surface area contributed by atoms with Crippen molar-refractivity contribution in [1.82, 2.24) is 9.97 Å². The van der Waals surface area contributed by atoms with Crippen LogP contribution in [0.5, 0.6) is 11.6 Å². The molecule has 0 fully saturated rings. The van der Waals surface area contributed by atoms with Gasteiger partial charge in [0.05, 0.1) is 16.6 Å². The van der Waals surface area contributed by atoms with E-state index in [4.69, 9.17) is 10.00 Å². The molecule has 0 saturated carbocycles. The number of nitro groups is 1. The highest BCUT2D eigenvalue weighted by Gasteiger charge is 2.11. The lowest BCUT2D eigenvalue weighted by molar-refractivity contribution is -0.384. The molecule has 0 aliphatic rings. The quantitative estimate of drug-likeness (QED) is 0.505. The molecule has 2 aromatic carbocycles. The monoisotopic (exact) mass is 346 g/mol. The lowest BCUT2D eigenvalue weighted by Gasteiger charge is -2.09. The molecule has 0 unspecified atom stereocenters. The summed E-state index contributed by atoms with van der Waals surface area (Å²) in [6.45, 7) is 1.96. The zero-order chi connectivity index (χ0) is 18.5. The SMILES string of the molecule is CCc1cc(Oc2cccc(C#N)c2)nc(-c2ccc([N+](=O)[O-])cc2)n1. The standard InChI is InChI=1S/C19H14N4O3/c1-2-15-11-18(26-17-5-3-4-13(10-17)12-20)22-19(21-15)14-6-8-16(9-7-14)23(24)25/h3-11H,2H2,1H3. The first-order chi connectivity index (χ1) is 12.6. The highest BCUT2D eigenvalue weighted by Crippen LogP contribution is 2.25. The van der Waals surface area contributed by atoms with Crippen molar-refractivity contribution >= 4 is 5.69 Å². The van der Waals surface area contributed by atoms with Gasteiger partial charge in [-0.25, -0.2) is 4.98 Å². The predicted molar refractivity (Wildman–Crippen MR) is 94.7 cm³/mol. The van der Waals surface area contributed by atoms with Crippen LogP contribution in [0, 0.1) is 21.4 Å². The van der Waals surface area contributed by atoms with E-state index in [1.54, 1.807) is 42.5 Å². The number of nitro benzene ring substituents is 1. The third-order valence-electron chi connectivity index (χ3n) is 3.64. The topological polar surface area (TPSA) is 102 Å². The lowest BCUT2D eigenvalue weighted by Crippen LogP contribution is -1.98. The van der Waals surface area contributed by atoms with Crippen LogP contribution in [0.25, 0.3) is 11.4 Å². The van der Waals surface area contributed by atoms with Gasteiger partial charge in [-0.1, -0.05) is 13.0 Å². The molecule has 26 heavy (non-hydrogen) atoms. The van der Waals surface area contributed by atoms with Crippen LogP contribution in [0.2, 0.25) is 0 Å². The summed E-state index contributed by atoms with van der Waals surface area (Å²) in [5, 5.41) is 19.8. The van der Waals surface area contributed by atoms with Crippen LogP contribution in [0.1, 0.15) is 18.2 Å². The minimum absolute atomic E-state index is 0.00480. The van der Waals surface area contributed by atoms with E-state index in [0.29, 0.717) is 35.0 Å². The fraction of sp³-hybridized carbons (Fsp3) is 0.105. The molecule has 0 aliphatic heterocycles.